The van der Waals surface area contributed by atoms with Crippen molar-refractivity contribution in [3.8, 4) is 0 Å². The maximum atomic E-state index is 12.7. The van der Waals surface area contributed by atoms with Crippen LogP contribution in [0.25, 0.3) is 0 Å². The Labute approximate surface area is 110 Å². The number of rotatable bonds is 3. The minimum absolute atomic E-state index is 0.0759. The molecule has 2 rings (SSSR count). The molecule has 0 N–H and O–H groups in total. The van der Waals surface area contributed by atoms with Gasteiger partial charge in [0.2, 0.25) is 0 Å². The molecular weight excluding hydrogens is 224 g/mol. The van der Waals surface area contributed by atoms with Gasteiger partial charge in [0.15, 0.2) is 5.78 Å². The van der Waals surface area contributed by atoms with Crippen LogP contribution in [0.3, 0.4) is 0 Å². The molecule has 3 heteroatoms. The third kappa shape index (κ3) is 2.11. The molecule has 0 spiro atoms. The van der Waals surface area contributed by atoms with Gasteiger partial charge < -0.3 is 0 Å². The zero-order chi connectivity index (χ0) is 13.3. The smallest absolute Gasteiger partial charge is 0.162 e. The largest absolute Gasteiger partial charge is 0.297 e. The first kappa shape index (κ1) is 13.3. The Bertz CT molecular complexity index is 439. The van der Waals surface area contributed by atoms with Crippen molar-refractivity contribution in [2.24, 2.45) is 5.92 Å². The van der Waals surface area contributed by atoms with Crippen molar-refractivity contribution < 1.29 is 4.79 Å². The van der Waals surface area contributed by atoms with Crippen molar-refractivity contribution >= 4 is 5.78 Å². The van der Waals surface area contributed by atoms with E-state index in [4.69, 9.17) is 0 Å². The normalized spacial score (nSPS) is 19.2. The predicted molar refractivity (Wildman–Crippen MR) is 72.6 cm³/mol. The van der Waals surface area contributed by atoms with Crippen molar-refractivity contribution in [2.75, 3.05) is 0 Å². The van der Waals surface area contributed by atoms with E-state index < -0.39 is 0 Å². The van der Waals surface area contributed by atoms with Gasteiger partial charge in [0.25, 0.3) is 0 Å². The van der Waals surface area contributed by atoms with Gasteiger partial charge in [-0.2, -0.15) is 5.10 Å². The van der Waals surface area contributed by atoms with Gasteiger partial charge in [0, 0.05) is 11.6 Å². The number of Topliss-reactive ketones (excluding diaryl/α,β-unsaturated/α-hetero) is 1. The monoisotopic (exact) mass is 248 g/mol. The van der Waals surface area contributed by atoms with Crippen molar-refractivity contribution in [1.82, 2.24) is 9.78 Å². The van der Waals surface area contributed by atoms with E-state index in [2.05, 4.69) is 18.1 Å². The first-order chi connectivity index (χ1) is 8.47. The highest BCUT2D eigenvalue weighted by Crippen LogP contribution is 2.38. The van der Waals surface area contributed by atoms with Crippen LogP contribution in [-0.2, 0) is 10.3 Å². The fraction of sp³-hybridized carbons (Fsp3) is 0.733. The van der Waals surface area contributed by atoms with Gasteiger partial charge in [0.05, 0.1) is 5.69 Å². The molecule has 0 aliphatic heterocycles. The number of aromatic nitrogens is 2. The summed E-state index contributed by atoms with van der Waals surface area (Å²) in [6.07, 6.45) is 5.41. The van der Waals surface area contributed by atoms with Crippen LogP contribution in [0.2, 0.25) is 0 Å². The van der Waals surface area contributed by atoms with E-state index in [1.54, 1.807) is 0 Å². The van der Waals surface area contributed by atoms with Crippen LogP contribution in [0.4, 0.5) is 0 Å². The lowest BCUT2D eigenvalue weighted by Gasteiger charge is -2.38. The van der Waals surface area contributed by atoms with Gasteiger partial charge in [-0.15, -0.1) is 0 Å². The van der Waals surface area contributed by atoms with Crippen molar-refractivity contribution in [1.29, 1.82) is 0 Å². The highest BCUT2D eigenvalue weighted by atomic mass is 16.1. The molecule has 1 heterocycles. The molecule has 0 aromatic carbocycles. The van der Waals surface area contributed by atoms with Crippen LogP contribution in [0.5, 0.6) is 0 Å². The summed E-state index contributed by atoms with van der Waals surface area (Å²) in [7, 11) is 0. The average molecular weight is 248 g/mol. The highest BCUT2D eigenvalue weighted by molar-refractivity contribution is 5.88. The molecule has 1 aromatic rings. The average Bonchev–Trinajstić information content (AvgIpc) is 2.68. The first-order valence-corrected chi connectivity index (χ1v) is 7.05. The number of hydrogen-bond acceptors (Lipinski definition) is 2. The third-order valence-corrected chi connectivity index (χ3v) is 4.08. The molecule has 0 bridgehead atoms. The Balaban J connectivity index is 2.48. The van der Waals surface area contributed by atoms with Crippen LogP contribution < -0.4 is 0 Å². The zero-order valence-electron chi connectivity index (χ0n) is 12.0. The maximum Gasteiger partial charge on any atom is 0.162 e. The number of nitrogens with zero attached hydrogens (tertiary/aromatic N) is 2. The summed E-state index contributed by atoms with van der Waals surface area (Å²) in [6.45, 7) is 8.07. The van der Waals surface area contributed by atoms with Crippen LogP contribution in [0, 0.1) is 19.8 Å². The van der Waals surface area contributed by atoms with Gasteiger partial charge in [-0.05, 0) is 32.8 Å². The summed E-state index contributed by atoms with van der Waals surface area (Å²) in [5.74, 6) is 0.431. The van der Waals surface area contributed by atoms with Crippen LogP contribution in [-0.4, -0.2) is 15.6 Å². The van der Waals surface area contributed by atoms with E-state index in [1.165, 1.54) is 6.42 Å². The molecule has 1 aliphatic carbocycles. The van der Waals surface area contributed by atoms with E-state index in [-0.39, 0.29) is 11.5 Å². The number of carbonyl (C=O) groups excluding carboxylic acids is 1. The molecule has 1 aromatic heterocycles. The van der Waals surface area contributed by atoms with Gasteiger partial charge in [-0.1, -0.05) is 33.1 Å². The molecule has 1 aliphatic rings. The lowest BCUT2D eigenvalue weighted by molar-refractivity contribution is -0.133. The first-order valence-electron chi connectivity index (χ1n) is 7.05. The van der Waals surface area contributed by atoms with E-state index in [1.807, 2.05) is 25.5 Å². The van der Waals surface area contributed by atoms with Gasteiger partial charge in [-0.3, -0.25) is 9.48 Å². The van der Waals surface area contributed by atoms with E-state index in [0.717, 1.165) is 37.1 Å². The lowest BCUT2D eigenvalue weighted by atomic mass is 9.75. The summed E-state index contributed by atoms with van der Waals surface area (Å²) >= 11 is 0. The summed E-state index contributed by atoms with van der Waals surface area (Å²) in [6, 6.07) is 2.07. The second-order valence-corrected chi connectivity index (χ2v) is 5.95. The Kier molecular flexibility index (Phi) is 3.60. The predicted octanol–water partition coefficient (Wildman–Crippen LogP) is 3.38. The molecule has 0 unspecified atom stereocenters. The van der Waals surface area contributed by atoms with Crippen molar-refractivity contribution in [3.63, 3.8) is 0 Å². The Hall–Kier alpha value is -1.12. The number of hydrogen-bond donors (Lipinski definition) is 0. The van der Waals surface area contributed by atoms with Crippen LogP contribution in [0.15, 0.2) is 6.07 Å². The molecule has 1 saturated carbocycles. The van der Waals surface area contributed by atoms with E-state index in [0.29, 0.717) is 5.78 Å². The molecule has 0 amide bonds. The lowest BCUT2D eigenvalue weighted by Crippen LogP contribution is -2.47. The standard InChI is InChI=1S/C15H24N2O/c1-11(2)14(18)15(8-6-5-7-9-15)17-13(4)10-12(3)16-17/h10-11H,5-9H2,1-4H3. The van der Waals surface area contributed by atoms with Gasteiger partial charge in [-0.25, -0.2) is 0 Å². The number of ketones is 1. The molecule has 0 radical (unpaired) electrons. The van der Waals surface area contributed by atoms with Crippen molar-refractivity contribution in [2.45, 2.75) is 65.3 Å². The fourth-order valence-corrected chi connectivity index (χ4v) is 3.30. The molecular formula is C15H24N2O. The molecule has 100 valence electrons. The van der Waals surface area contributed by atoms with E-state index >= 15 is 0 Å². The van der Waals surface area contributed by atoms with Gasteiger partial charge >= 0.3 is 0 Å². The second-order valence-electron chi connectivity index (χ2n) is 5.95. The SMILES string of the molecule is Cc1cc(C)n(C2(C(=O)C(C)C)CCCCC2)n1. The maximum absolute atomic E-state index is 12.7. The fourth-order valence-electron chi connectivity index (χ4n) is 3.30. The zero-order valence-corrected chi connectivity index (χ0v) is 12.0. The minimum atomic E-state index is -0.370. The van der Waals surface area contributed by atoms with Gasteiger partial charge in [0.1, 0.15) is 5.54 Å². The Morgan fingerprint density at radius 1 is 1.28 bits per heavy atom. The highest BCUT2D eigenvalue weighted by Gasteiger charge is 2.43. The topological polar surface area (TPSA) is 34.9 Å². The number of aryl methyl sites for hydroxylation is 2. The molecule has 3 nitrogen and oxygen atoms in total. The van der Waals surface area contributed by atoms with E-state index in [9.17, 15) is 4.79 Å². The Morgan fingerprint density at radius 3 is 2.33 bits per heavy atom. The van der Waals surface area contributed by atoms with Crippen molar-refractivity contribution in [3.05, 3.63) is 17.5 Å². The second kappa shape index (κ2) is 4.87. The van der Waals surface area contributed by atoms with Crippen LogP contribution in [0.1, 0.15) is 57.3 Å². The molecule has 18 heavy (non-hydrogen) atoms. The summed E-state index contributed by atoms with van der Waals surface area (Å²) in [4.78, 5) is 12.7. The molecule has 1 fully saturated rings. The van der Waals surface area contributed by atoms with Crippen LogP contribution >= 0.6 is 0 Å². The molecule has 0 atom stereocenters. The Morgan fingerprint density at radius 2 is 1.89 bits per heavy atom. The quantitative estimate of drug-likeness (QED) is 0.822. The summed E-state index contributed by atoms with van der Waals surface area (Å²) < 4.78 is 2.02. The third-order valence-electron chi connectivity index (χ3n) is 4.08. The number of carbonyl (C=O) groups is 1. The minimum Gasteiger partial charge on any atom is -0.297 e. The molecule has 0 saturated heterocycles. The summed E-state index contributed by atoms with van der Waals surface area (Å²) in [5, 5.41) is 4.61. The summed E-state index contributed by atoms with van der Waals surface area (Å²) in [5.41, 5.74) is 1.75.